The third-order valence-corrected chi connectivity index (χ3v) is 3.02. The molecule has 0 aliphatic carbocycles. The number of hydrogen-bond acceptors (Lipinski definition) is 2. The molecule has 0 fully saturated rings. The van der Waals surface area contributed by atoms with E-state index in [0.29, 0.717) is 5.75 Å². The molecular weight excluding hydrogens is 204 g/mol. The van der Waals surface area contributed by atoms with Crippen LogP contribution in [0.2, 0.25) is 0 Å². The Labute approximate surface area is 97.9 Å². The zero-order valence-corrected chi connectivity index (χ0v) is 10.8. The molecule has 0 amide bonds. The Bertz CT molecular complexity index is 339. The predicted molar refractivity (Wildman–Crippen MR) is 68.7 cm³/mol. The predicted octanol–water partition coefficient (Wildman–Crippen LogP) is 3.26. The summed E-state index contributed by atoms with van der Waals surface area (Å²) in [7, 11) is 0. The molecule has 1 atom stereocenters. The minimum atomic E-state index is -0.462. The van der Waals surface area contributed by atoms with Crippen molar-refractivity contribution in [3.8, 4) is 0 Å². The molecule has 0 bridgehead atoms. The normalized spacial score (nSPS) is 14.0. The molecule has 1 unspecified atom stereocenters. The van der Waals surface area contributed by atoms with Crippen LogP contribution in [-0.4, -0.2) is 10.9 Å². The van der Waals surface area contributed by atoms with Gasteiger partial charge in [0, 0.05) is 5.75 Å². The highest BCUT2D eigenvalue weighted by atomic mass is 32.1. The zero-order valence-electron chi connectivity index (χ0n) is 9.91. The lowest BCUT2D eigenvalue weighted by atomic mass is 9.84. The summed E-state index contributed by atoms with van der Waals surface area (Å²) in [6, 6.07) is 6.29. The fraction of sp³-hybridized carbons (Fsp3) is 0.538. The van der Waals surface area contributed by atoms with Gasteiger partial charge in [0.15, 0.2) is 0 Å². The van der Waals surface area contributed by atoms with E-state index in [0.717, 1.165) is 11.1 Å². The number of aliphatic hydroxyl groups is 1. The van der Waals surface area contributed by atoms with Crippen LogP contribution in [0.25, 0.3) is 0 Å². The molecule has 0 spiro atoms. The number of aryl methyl sites for hydroxylation is 1. The first-order valence-electron chi connectivity index (χ1n) is 5.26. The van der Waals surface area contributed by atoms with E-state index in [-0.39, 0.29) is 5.41 Å². The maximum absolute atomic E-state index is 9.82. The fourth-order valence-electron chi connectivity index (χ4n) is 1.56. The van der Waals surface area contributed by atoms with Gasteiger partial charge in [0.1, 0.15) is 0 Å². The van der Waals surface area contributed by atoms with Gasteiger partial charge in [-0.3, -0.25) is 0 Å². The third-order valence-electron chi connectivity index (χ3n) is 2.68. The van der Waals surface area contributed by atoms with Crippen LogP contribution in [0.5, 0.6) is 0 Å². The average molecular weight is 224 g/mol. The minimum Gasteiger partial charge on any atom is -0.388 e. The lowest BCUT2D eigenvalue weighted by Crippen LogP contribution is -2.13. The van der Waals surface area contributed by atoms with Gasteiger partial charge in [0.2, 0.25) is 0 Å². The van der Waals surface area contributed by atoms with Crippen LogP contribution in [0.3, 0.4) is 0 Å². The molecule has 0 aromatic heterocycles. The summed E-state index contributed by atoms with van der Waals surface area (Å²) in [6.07, 6.45) is -0.462. The molecule has 0 saturated heterocycles. The van der Waals surface area contributed by atoms with E-state index in [1.54, 1.807) is 0 Å². The molecule has 0 saturated carbocycles. The standard InChI is InChI=1S/C13H20OS/c1-9-5-6-10(13(2,3)4)7-11(9)12(14)8-15/h5-7,12,14-15H,8H2,1-4H3. The summed E-state index contributed by atoms with van der Waals surface area (Å²) in [6.45, 7) is 8.55. The summed E-state index contributed by atoms with van der Waals surface area (Å²) in [5.74, 6) is 0.467. The van der Waals surface area contributed by atoms with Crippen molar-refractivity contribution < 1.29 is 5.11 Å². The number of thiol groups is 1. The van der Waals surface area contributed by atoms with Gasteiger partial charge in [-0.1, -0.05) is 39.0 Å². The summed E-state index contributed by atoms with van der Waals surface area (Å²) in [5, 5.41) is 9.82. The van der Waals surface area contributed by atoms with Crippen LogP contribution >= 0.6 is 12.6 Å². The van der Waals surface area contributed by atoms with E-state index < -0.39 is 6.10 Å². The fourth-order valence-corrected chi connectivity index (χ4v) is 1.76. The van der Waals surface area contributed by atoms with Crippen LogP contribution in [0.1, 0.15) is 43.6 Å². The Kier molecular flexibility index (Phi) is 3.85. The Morgan fingerprint density at radius 3 is 2.40 bits per heavy atom. The summed E-state index contributed by atoms with van der Waals surface area (Å²) >= 11 is 4.13. The molecular formula is C13H20OS. The molecule has 15 heavy (non-hydrogen) atoms. The Morgan fingerprint density at radius 1 is 1.33 bits per heavy atom. The smallest absolute Gasteiger partial charge is 0.0880 e. The van der Waals surface area contributed by atoms with Crippen molar-refractivity contribution in [1.29, 1.82) is 0 Å². The number of rotatable bonds is 2. The molecule has 1 N–H and O–H groups in total. The van der Waals surface area contributed by atoms with E-state index in [2.05, 4.69) is 51.6 Å². The summed E-state index contributed by atoms with van der Waals surface area (Å²) in [4.78, 5) is 0. The van der Waals surface area contributed by atoms with Gasteiger partial charge in [0.25, 0.3) is 0 Å². The second kappa shape index (κ2) is 4.58. The van der Waals surface area contributed by atoms with Crippen molar-refractivity contribution in [2.45, 2.75) is 39.2 Å². The molecule has 84 valence electrons. The molecule has 1 nitrogen and oxygen atoms in total. The van der Waals surface area contributed by atoms with E-state index in [9.17, 15) is 5.11 Å². The van der Waals surface area contributed by atoms with Crippen molar-refractivity contribution in [1.82, 2.24) is 0 Å². The van der Waals surface area contributed by atoms with Crippen molar-refractivity contribution in [3.05, 3.63) is 34.9 Å². The zero-order chi connectivity index (χ0) is 11.6. The van der Waals surface area contributed by atoms with Crippen molar-refractivity contribution in [2.24, 2.45) is 0 Å². The van der Waals surface area contributed by atoms with Gasteiger partial charge >= 0.3 is 0 Å². The van der Waals surface area contributed by atoms with Crippen molar-refractivity contribution in [2.75, 3.05) is 5.75 Å². The van der Waals surface area contributed by atoms with Crippen LogP contribution < -0.4 is 0 Å². The molecule has 0 radical (unpaired) electrons. The summed E-state index contributed by atoms with van der Waals surface area (Å²) in [5.41, 5.74) is 3.50. The second-order valence-electron chi connectivity index (χ2n) is 5.02. The molecule has 0 heterocycles. The van der Waals surface area contributed by atoms with Crippen LogP contribution in [0, 0.1) is 6.92 Å². The monoisotopic (exact) mass is 224 g/mol. The average Bonchev–Trinajstić information content (AvgIpc) is 2.15. The molecule has 0 aliphatic heterocycles. The first-order valence-corrected chi connectivity index (χ1v) is 5.89. The van der Waals surface area contributed by atoms with E-state index in [4.69, 9.17) is 0 Å². The van der Waals surface area contributed by atoms with Crippen LogP contribution in [-0.2, 0) is 5.41 Å². The third kappa shape index (κ3) is 2.99. The minimum absolute atomic E-state index is 0.124. The molecule has 1 aromatic rings. The maximum Gasteiger partial charge on any atom is 0.0880 e. The van der Waals surface area contributed by atoms with E-state index in [1.807, 2.05) is 6.92 Å². The Hall–Kier alpha value is -0.470. The van der Waals surface area contributed by atoms with Gasteiger partial charge in [-0.25, -0.2) is 0 Å². The molecule has 1 rings (SSSR count). The van der Waals surface area contributed by atoms with E-state index >= 15 is 0 Å². The highest BCUT2D eigenvalue weighted by Gasteiger charge is 2.16. The van der Waals surface area contributed by atoms with Gasteiger partial charge in [-0.15, -0.1) is 0 Å². The lowest BCUT2D eigenvalue weighted by molar-refractivity contribution is 0.203. The topological polar surface area (TPSA) is 20.2 Å². The molecule has 1 aromatic carbocycles. The second-order valence-corrected chi connectivity index (χ2v) is 5.38. The summed E-state index contributed by atoms with van der Waals surface area (Å²) < 4.78 is 0. The van der Waals surface area contributed by atoms with E-state index in [1.165, 1.54) is 5.56 Å². The van der Waals surface area contributed by atoms with Gasteiger partial charge in [-0.05, 0) is 29.0 Å². The van der Waals surface area contributed by atoms with Crippen molar-refractivity contribution >= 4 is 12.6 Å². The van der Waals surface area contributed by atoms with Gasteiger partial charge in [0.05, 0.1) is 6.10 Å². The number of hydrogen-bond donors (Lipinski definition) is 2. The SMILES string of the molecule is Cc1ccc(C(C)(C)C)cc1C(O)CS. The van der Waals surface area contributed by atoms with Gasteiger partial charge in [-0.2, -0.15) is 12.6 Å². The van der Waals surface area contributed by atoms with Crippen molar-refractivity contribution in [3.63, 3.8) is 0 Å². The molecule has 2 heteroatoms. The Balaban J connectivity index is 3.17. The largest absolute Gasteiger partial charge is 0.388 e. The van der Waals surface area contributed by atoms with Crippen LogP contribution in [0.15, 0.2) is 18.2 Å². The van der Waals surface area contributed by atoms with Crippen LogP contribution in [0.4, 0.5) is 0 Å². The lowest BCUT2D eigenvalue weighted by Gasteiger charge is -2.22. The number of benzene rings is 1. The molecule has 0 aliphatic rings. The highest BCUT2D eigenvalue weighted by Crippen LogP contribution is 2.27. The van der Waals surface area contributed by atoms with Gasteiger partial charge < -0.3 is 5.11 Å². The Morgan fingerprint density at radius 2 is 1.93 bits per heavy atom. The first-order chi connectivity index (χ1) is 6.86. The highest BCUT2D eigenvalue weighted by molar-refractivity contribution is 7.80. The number of aliphatic hydroxyl groups excluding tert-OH is 1. The quantitative estimate of drug-likeness (QED) is 0.739. The first kappa shape index (κ1) is 12.6. The maximum atomic E-state index is 9.82.